The molecule has 5 nitrogen and oxygen atoms in total. The predicted octanol–water partition coefficient (Wildman–Crippen LogP) is 2.22. The van der Waals surface area contributed by atoms with Gasteiger partial charge in [0.25, 0.3) is 0 Å². The molecule has 22 heavy (non-hydrogen) atoms. The number of halogens is 1. The number of nitrogens with one attached hydrogen (secondary N) is 1. The lowest BCUT2D eigenvalue weighted by atomic mass is 10.1. The zero-order chi connectivity index (χ0) is 16.2. The topological polar surface area (TPSA) is 58.6 Å². The standard InChI is InChI=1S/C15H21FN2O3S/c1-11(8-12-4-3-7-22-12)9-17-14(20)18-6-5-15(16,10-18)13(19)21-2/h3-4,7,11H,5-6,8-10H2,1-2H3,(H,17,20). The second-order valence-electron chi connectivity index (χ2n) is 5.70. The van der Waals surface area contributed by atoms with Crippen LogP contribution in [0.3, 0.4) is 0 Å². The van der Waals surface area contributed by atoms with Crippen molar-refractivity contribution in [3.05, 3.63) is 22.4 Å². The molecule has 7 heteroatoms. The van der Waals surface area contributed by atoms with E-state index in [1.807, 2.05) is 11.4 Å². The molecule has 0 bridgehead atoms. The molecule has 1 saturated heterocycles. The highest BCUT2D eigenvalue weighted by Crippen LogP contribution is 2.27. The van der Waals surface area contributed by atoms with Gasteiger partial charge in [-0.1, -0.05) is 13.0 Å². The number of hydrogen-bond acceptors (Lipinski definition) is 4. The maximum Gasteiger partial charge on any atom is 0.345 e. The highest BCUT2D eigenvalue weighted by Gasteiger charge is 2.47. The molecule has 2 unspecified atom stereocenters. The lowest BCUT2D eigenvalue weighted by Gasteiger charge is -2.20. The van der Waals surface area contributed by atoms with Crippen molar-refractivity contribution < 1.29 is 18.7 Å². The molecule has 0 radical (unpaired) electrons. The van der Waals surface area contributed by atoms with Gasteiger partial charge in [0.05, 0.1) is 13.7 Å². The molecular weight excluding hydrogens is 307 g/mol. The summed E-state index contributed by atoms with van der Waals surface area (Å²) in [5.41, 5.74) is -2.07. The number of carbonyl (C=O) groups excluding carboxylic acids is 2. The van der Waals surface area contributed by atoms with Gasteiger partial charge in [-0.3, -0.25) is 0 Å². The van der Waals surface area contributed by atoms with E-state index >= 15 is 0 Å². The van der Waals surface area contributed by atoms with Crippen molar-refractivity contribution in [1.29, 1.82) is 0 Å². The number of rotatable bonds is 5. The molecule has 122 valence electrons. The molecule has 0 aromatic carbocycles. The summed E-state index contributed by atoms with van der Waals surface area (Å²) in [6.45, 7) is 2.55. The first kappa shape index (κ1) is 16.7. The van der Waals surface area contributed by atoms with E-state index in [0.29, 0.717) is 12.5 Å². The second kappa shape index (κ2) is 7.09. The molecule has 0 spiro atoms. The van der Waals surface area contributed by atoms with Crippen LogP contribution in [0.5, 0.6) is 0 Å². The Morgan fingerprint density at radius 2 is 2.36 bits per heavy atom. The van der Waals surface area contributed by atoms with E-state index in [9.17, 15) is 14.0 Å². The van der Waals surface area contributed by atoms with Crippen LogP contribution in [0, 0.1) is 5.92 Å². The van der Waals surface area contributed by atoms with Crippen LogP contribution in [0.15, 0.2) is 17.5 Å². The van der Waals surface area contributed by atoms with Crippen molar-refractivity contribution in [2.75, 3.05) is 26.7 Å². The van der Waals surface area contributed by atoms with Crippen LogP contribution in [0.1, 0.15) is 18.2 Å². The number of hydrogen-bond donors (Lipinski definition) is 1. The normalized spacial score (nSPS) is 22.4. The molecule has 1 aromatic heterocycles. The summed E-state index contributed by atoms with van der Waals surface area (Å²) in [5, 5.41) is 4.83. The number of esters is 1. The number of carbonyl (C=O) groups is 2. The van der Waals surface area contributed by atoms with Gasteiger partial charge < -0.3 is 15.0 Å². The molecular formula is C15H21FN2O3S. The lowest BCUT2D eigenvalue weighted by Crippen LogP contribution is -2.44. The van der Waals surface area contributed by atoms with Gasteiger partial charge in [0.2, 0.25) is 5.67 Å². The largest absolute Gasteiger partial charge is 0.467 e. The Bertz CT molecular complexity index is 523. The molecule has 0 aliphatic carbocycles. The highest BCUT2D eigenvalue weighted by molar-refractivity contribution is 7.09. The van der Waals surface area contributed by atoms with Gasteiger partial charge in [-0.05, 0) is 23.8 Å². The van der Waals surface area contributed by atoms with Crippen LogP contribution in [0.2, 0.25) is 0 Å². The first-order chi connectivity index (χ1) is 10.4. The molecule has 2 rings (SSSR count). The van der Waals surface area contributed by atoms with Crippen molar-refractivity contribution in [2.24, 2.45) is 5.92 Å². The number of likely N-dealkylation sites (tertiary alicyclic amines) is 1. The van der Waals surface area contributed by atoms with E-state index in [1.54, 1.807) is 11.3 Å². The van der Waals surface area contributed by atoms with Crippen molar-refractivity contribution in [3.8, 4) is 0 Å². The van der Waals surface area contributed by atoms with Crippen LogP contribution in [0.25, 0.3) is 0 Å². The van der Waals surface area contributed by atoms with Gasteiger partial charge in [-0.25, -0.2) is 14.0 Å². The van der Waals surface area contributed by atoms with E-state index < -0.39 is 11.6 Å². The number of urea groups is 1. The van der Waals surface area contributed by atoms with Crippen LogP contribution in [0.4, 0.5) is 9.18 Å². The number of ether oxygens (including phenoxy) is 1. The first-order valence-electron chi connectivity index (χ1n) is 7.27. The summed E-state index contributed by atoms with van der Waals surface area (Å²) in [4.78, 5) is 26.0. The molecule has 0 saturated carbocycles. The Kier molecular flexibility index (Phi) is 5.39. The van der Waals surface area contributed by atoms with Crippen LogP contribution in [-0.2, 0) is 16.0 Å². The SMILES string of the molecule is COC(=O)C1(F)CCN(C(=O)NCC(C)Cc2cccs2)C1. The van der Waals surface area contributed by atoms with Gasteiger partial charge in [-0.15, -0.1) is 11.3 Å². The third-order valence-corrected chi connectivity index (χ3v) is 4.69. The van der Waals surface area contributed by atoms with Crippen molar-refractivity contribution in [3.63, 3.8) is 0 Å². The Morgan fingerprint density at radius 3 is 3.00 bits per heavy atom. The lowest BCUT2D eigenvalue weighted by molar-refractivity contribution is -0.153. The smallest absolute Gasteiger partial charge is 0.345 e. The highest BCUT2D eigenvalue weighted by atomic mass is 32.1. The fraction of sp³-hybridized carbons (Fsp3) is 0.600. The van der Waals surface area contributed by atoms with Gasteiger partial charge in [-0.2, -0.15) is 0 Å². The molecule has 2 atom stereocenters. The zero-order valence-corrected chi connectivity index (χ0v) is 13.6. The molecule has 1 aromatic rings. The summed E-state index contributed by atoms with van der Waals surface area (Å²) >= 11 is 1.69. The summed E-state index contributed by atoms with van der Waals surface area (Å²) in [7, 11) is 1.15. The van der Waals surface area contributed by atoms with Crippen molar-refractivity contribution in [2.45, 2.75) is 25.4 Å². The van der Waals surface area contributed by atoms with Crippen LogP contribution >= 0.6 is 11.3 Å². The monoisotopic (exact) mass is 328 g/mol. The third-order valence-electron chi connectivity index (χ3n) is 3.79. The average molecular weight is 328 g/mol. The van der Waals surface area contributed by atoms with E-state index in [0.717, 1.165) is 13.5 Å². The number of methoxy groups -OCH3 is 1. The average Bonchev–Trinajstić information content (AvgIpc) is 3.14. The van der Waals surface area contributed by atoms with E-state index in [4.69, 9.17) is 0 Å². The molecule has 2 amide bonds. The molecule has 1 N–H and O–H groups in total. The van der Waals surface area contributed by atoms with Gasteiger partial charge >= 0.3 is 12.0 Å². The number of alkyl halides is 1. The predicted molar refractivity (Wildman–Crippen MR) is 82.6 cm³/mol. The minimum Gasteiger partial charge on any atom is -0.467 e. The summed E-state index contributed by atoms with van der Waals surface area (Å²) < 4.78 is 18.7. The number of thiophene rings is 1. The minimum absolute atomic E-state index is 0.0160. The maximum absolute atomic E-state index is 14.3. The summed E-state index contributed by atoms with van der Waals surface area (Å²) in [6, 6.07) is 3.74. The third kappa shape index (κ3) is 3.97. The van der Waals surface area contributed by atoms with E-state index in [2.05, 4.69) is 23.0 Å². The van der Waals surface area contributed by atoms with Gasteiger partial charge in [0.15, 0.2) is 0 Å². The second-order valence-corrected chi connectivity index (χ2v) is 6.74. The maximum atomic E-state index is 14.3. The van der Waals surface area contributed by atoms with Crippen molar-refractivity contribution >= 4 is 23.3 Å². The van der Waals surface area contributed by atoms with Gasteiger partial charge in [0.1, 0.15) is 0 Å². The fourth-order valence-corrected chi connectivity index (χ4v) is 3.38. The Labute approximate surface area is 133 Å². The van der Waals surface area contributed by atoms with Crippen molar-refractivity contribution in [1.82, 2.24) is 10.2 Å². The van der Waals surface area contributed by atoms with E-state index in [-0.39, 0.29) is 25.5 Å². The Balaban J connectivity index is 1.77. The summed E-state index contributed by atoms with van der Waals surface area (Å²) in [5.74, 6) is -0.616. The van der Waals surface area contributed by atoms with Gasteiger partial charge in [0, 0.05) is 24.4 Å². The number of nitrogens with zero attached hydrogens (tertiary/aromatic N) is 1. The Morgan fingerprint density at radius 1 is 1.59 bits per heavy atom. The molecule has 1 fully saturated rings. The van der Waals surface area contributed by atoms with Crippen LogP contribution < -0.4 is 5.32 Å². The Hall–Kier alpha value is -1.63. The van der Waals surface area contributed by atoms with E-state index in [1.165, 1.54) is 9.78 Å². The first-order valence-corrected chi connectivity index (χ1v) is 8.15. The fourth-order valence-electron chi connectivity index (χ4n) is 2.51. The molecule has 2 heterocycles. The quantitative estimate of drug-likeness (QED) is 0.843. The zero-order valence-electron chi connectivity index (χ0n) is 12.8. The summed E-state index contributed by atoms with van der Waals surface area (Å²) in [6.07, 6.45) is 0.880. The molecule has 1 aliphatic rings. The molecule has 1 aliphatic heterocycles. The van der Waals surface area contributed by atoms with Crippen LogP contribution in [-0.4, -0.2) is 49.3 Å². The minimum atomic E-state index is -2.07. The number of amides is 2.